The molecule has 1 atom stereocenters. The molecule has 1 amide bonds. The maximum atomic E-state index is 11.4. The van der Waals surface area contributed by atoms with Crippen molar-refractivity contribution < 1.29 is 14.3 Å². The molecule has 1 saturated heterocycles. The largest absolute Gasteiger partial charge is 0.497 e. The number of hydrogen-bond donors (Lipinski definition) is 0. The zero-order valence-corrected chi connectivity index (χ0v) is 18.6. The van der Waals surface area contributed by atoms with Crippen molar-refractivity contribution in [3.63, 3.8) is 0 Å². The molecule has 0 saturated carbocycles. The topological polar surface area (TPSA) is 38.8 Å². The smallest absolute Gasteiger partial charge is 0.410 e. The van der Waals surface area contributed by atoms with Gasteiger partial charge in [-0.05, 0) is 51.5 Å². The van der Waals surface area contributed by atoms with E-state index in [4.69, 9.17) is 9.47 Å². The number of amides is 1. The van der Waals surface area contributed by atoms with E-state index in [2.05, 4.69) is 32.3 Å². The minimum absolute atomic E-state index is 0.00857. The maximum absolute atomic E-state index is 11.4. The molecular formula is C24H37NO3. The van der Waals surface area contributed by atoms with E-state index in [0.29, 0.717) is 13.1 Å². The van der Waals surface area contributed by atoms with E-state index in [9.17, 15) is 4.79 Å². The summed E-state index contributed by atoms with van der Waals surface area (Å²) in [6.45, 7) is 16.4. The van der Waals surface area contributed by atoms with Crippen LogP contribution in [0.4, 0.5) is 4.79 Å². The highest BCUT2D eigenvalue weighted by molar-refractivity contribution is 5.69. The van der Waals surface area contributed by atoms with Gasteiger partial charge in [0.25, 0.3) is 0 Å². The van der Waals surface area contributed by atoms with Crippen LogP contribution in [0.2, 0.25) is 0 Å². The van der Waals surface area contributed by atoms with E-state index < -0.39 is 0 Å². The zero-order chi connectivity index (χ0) is 21.8. The van der Waals surface area contributed by atoms with Crippen LogP contribution in [0, 0.1) is 11.8 Å². The first kappa shape index (κ1) is 27.5. The average Bonchev–Trinajstić information content (AvgIpc) is 2.99. The van der Waals surface area contributed by atoms with Crippen molar-refractivity contribution in [1.29, 1.82) is 0 Å². The zero-order valence-electron chi connectivity index (χ0n) is 18.6. The number of nitrogens with zero attached hydrogens (tertiary/aromatic N) is 1. The van der Waals surface area contributed by atoms with E-state index in [1.54, 1.807) is 18.1 Å². The number of benzene rings is 1. The minimum Gasteiger partial charge on any atom is -0.497 e. The quantitative estimate of drug-likeness (QED) is 0.456. The van der Waals surface area contributed by atoms with Crippen molar-refractivity contribution in [2.45, 2.75) is 60.6 Å². The normalized spacial score (nSPS) is 14.0. The van der Waals surface area contributed by atoms with Crippen LogP contribution in [0.25, 0.3) is 0 Å². The molecule has 1 fully saturated rings. The molecule has 1 unspecified atom stereocenters. The summed E-state index contributed by atoms with van der Waals surface area (Å²) in [5, 5.41) is 0. The van der Waals surface area contributed by atoms with Gasteiger partial charge in [-0.3, -0.25) is 0 Å². The molecule has 0 N–H and O–H groups in total. The Kier molecular flexibility index (Phi) is 18.8. The first-order chi connectivity index (χ1) is 13.4. The number of carbonyl (C=O) groups is 1. The third-order valence-corrected chi connectivity index (χ3v) is 2.96. The highest BCUT2D eigenvalue weighted by Gasteiger charge is 2.27. The lowest BCUT2D eigenvalue weighted by atomic mass is 10.2. The Morgan fingerprint density at radius 2 is 1.82 bits per heavy atom. The van der Waals surface area contributed by atoms with Gasteiger partial charge < -0.3 is 14.4 Å². The van der Waals surface area contributed by atoms with Crippen LogP contribution < -0.4 is 4.74 Å². The molecule has 4 heteroatoms. The van der Waals surface area contributed by atoms with Crippen molar-refractivity contribution in [3.8, 4) is 17.6 Å². The van der Waals surface area contributed by atoms with Crippen molar-refractivity contribution in [1.82, 2.24) is 4.90 Å². The van der Waals surface area contributed by atoms with Crippen molar-refractivity contribution in [3.05, 3.63) is 54.6 Å². The highest BCUT2D eigenvalue weighted by atomic mass is 16.6. The lowest BCUT2D eigenvalue weighted by molar-refractivity contribution is 0.137. The number of carbonyl (C=O) groups excluding carboxylic acids is 1. The van der Waals surface area contributed by atoms with Crippen LogP contribution in [0.15, 0.2) is 49.1 Å². The number of hydrogen-bond acceptors (Lipinski definition) is 3. The molecule has 0 spiro atoms. The van der Waals surface area contributed by atoms with Gasteiger partial charge in [-0.1, -0.05) is 50.5 Å². The lowest BCUT2D eigenvalue weighted by Crippen LogP contribution is -2.24. The van der Waals surface area contributed by atoms with Gasteiger partial charge in [0.05, 0.1) is 13.7 Å². The lowest BCUT2D eigenvalue weighted by Gasteiger charge is -2.12. The molecule has 2 rings (SSSR count). The molecule has 1 aromatic rings. The number of cyclic esters (lactones) is 1. The standard InChI is InChI=1S/C12H15NO3.C6H8.C3H8.C3H6/c1-9-7-13(12(14)16-9)8-10-3-5-11(15-2)6-4-10;1-3-5-6-4-2;2*1-3-2/h3-6,9H,7-8H2,1-2H3;3,5H,1-2H3;3H2,1-2H3;3H,1H2,2H3/b;5-3-;;. The number of ether oxygens (including phenoxy) is 2. The molecule has 28 heavy (non-hydrogen) atoms. The van der Waals surface area contributed by atoms with Crippen LogP contribution >= 0.6 is 0 Å². The first-order valence-corrected chi connectivity index (χ1v) is 9.62. The minimum atomic E-state index is -0.233. The van der Waals surface area contributed by atoms with Gasteiger partial charge in [-0.25, -0.2) is 4.79 Å². The predicted molar refractivity (Wildman–Crippen MR) is 119 cm³/mol. The monoisotopic (exact) mass is 387 g/mol. The summed E-state index contributed by atoms with van der Waals surface area (Å²) in [4.78, 5) is 13.1. The van der Waals surface area contributed by atoms with Crippen LogP contribution in [0.1, 0.15) is 53.5 Å². The molecule has 1 aliphatic rings. The molecular weight excluding hydrogens is 350 g/mol. The summed E-state index contributed by atoms with van der Waals surface area (Å²) in [5.74, 6) is 6.32. The number of allylic oxidation sites excluding steroid dienone is 3. The Labute approximate surface area is 172 Å². The fourth-order valence-corrected chi connectivity index (χ4v) is 1.92. The van der Waals surface area contributed by atoms with E-state index in [1.165, 1.54) is 6.42 Å². The van der Waals surface area contributed by atoms with Crippen LogP contribution in [-0.2, 0) is 11.3 Å². The van der Waals surface area contributed by atoms with Crippen LogP contribution in [0.5, 0.6) is 5.75 Å². The van der Waals surface area contributed by atoms with Gasteiger partial charge >= 0.3 is 6.09 Å². The molecule has 0 radical (unpaired) electrons. The molecule has 4 nitrogen and oxygen atoms in total. The fraction of sp³-hybridized carbons (Fsp3) is 0.458. The fourth-order valence-electron chi connectivity index (χ4n) is 1.92. The second-order valence-corrected chi connectivity index (χ2v) is 5.93. The van der Waals surface area contributed by atoms with Gasteiger partial charge in [0, 0.05) is 6.54 Å². The van der Waals surface area contributed by atoms with E-state index in [1.807, 2.05) is 64.1 Å². The van der Waals surface area contributed by atoms with Crippen molar-refractivity contribution >= 4 is 6.09 Å². The molecule has 1 aromatic carbocycles. The summed E-state index contributed by atoms with van der Waals surface area (Å²) in [5.41, 5.74) is 1.08. The van der Waals surface area contributed by atoms with Crippen molar-refractivity contribution in [2.75, 3.05) is 13.7 Å². The molecule has 0 aromatic heterocycles. The molecule has 0 bridgehead atoms. The second-order valence-electron chi connectivity index (χ2n) is 5.93. The SMILES string of the molecule is C=CC.CC#C/C=C\C.CCC.COc1ccc(CN2CC(C)OC2=O)cc1. The average molecular weight is 388 g/mol. The Balaban J connectivity index is 0. The summed E-state index contributed by atoms with van der Waals surface area (Å²) in [6, 6.07) is 7.69. The summed E-state index contributed by atoms with van der Waals surface area (Å²) >= 11 is 0. The third kappa shape index (κ3) is 14.5. The Hall–Kier alpha value is -2.67. The van der Waals surface area contributed by atoms with E-state index >= 15 is 0 Å². The van der Waals surface area contributed by atoms with Crippen LogP contribution in [-0.4, -0.2) is 30.8 Å². The van der Waals surface area contributed by atoms with Gasteiger partial charge in [0.2, 0.25) is 0 Å². The Morgan fingerprint density at radius 3 is 2.14 bits per heavy atom. The van der Waals surface area contributed by atoms with Gasteiger partial charge in [0.15, 0.2) is 0 Å². The Bertz CT molecular complexity index is 609. The highest BCUT2D eigenvalue weighted by Crippen LogP contribution is 2.17. The third-order valence-electron chi connectivity index (χ3n) is 2.96. The first-order valence-electron chi connectivity index (χ1n) is 9.62. The van der Waals surface area contributed by atoms with Crippen LogP contribution in [0.3, 0.4) is 0 Å². The summed E-state index contributed by atoms with van der Waals surface area (Å²) in [7, 11) is 1.63. The van der Waals surface area contributed by atoms with Gasteiger partial charge in [-0.15, -0.1) is 12.5 Å². The molecule has 1 heterocycles. The summed E-state index contributed by atoms with van der Waals surface area (Å²) < 4.78 is 10.1. The Morgan fingerprint density at radius 1 is 1.29 bits per heavy atom. The van der Waals surface area contributed by atoms with E-state index in [-0.39, 0.29) is 12.2 Å². The van der Waals surface area contributed by atoms with Gasteiger partial charge in [0.1, 0.15) is 11.9 Å². The number of methoxy groups -OCH3 is 1. The summed E-state index contributed by atoms with van der Waals surface area (Å²) in [6.07, 6.45) is 6.49. The van der Waals surface area contributed by atoms with Gasteiger partial charge in [-0.2, -0.15) is 0 Å². The predicted octanol–water partition coefficient (Wildman–Crippen LogP) is 6.23. The van der Waals surface area contributed by atoms with E-state index in [0.717, 1.165) is 11.3 Å². The van der Waals surface area contributed by atoms with Crippen molar-refractivity contribution in [2.24, 2.45) is 0 Å². The molecule has 156 valence electrons. The second kappa shape index (κ2) is 19.1. The number of rotatable bonds is 3. The molecule has 0 aliphatic carbocycles. The molecule has 1 aliphatic heterocycles. The maximum Gasteiger partial charge on any atom is 0.410 e.